The van der Waals surface area contributed by atoms with Gasteiger partial charge in [-0.15, -0.1) is 21.5 Å². The number of thioether (sulfide) groups is 1. The van der Waals surface area contributed by atoms with Crippen LogP contribution >= 0.6 is 23.1 Å². The monoisotopic (exact) mass is 483 g/mol. The Kier molecular flexibility index (Phi) is 8.30. The third-order valence-electron chi connectivity index (χ3n) is 5.54. The number of benzene rings is 1. The molecule has 1 fully saturated rings. The van der Waals surface area contributed by atoms with Crippen LogP contribution in [0.5, 0.6) is 0 Å². The summed E-state index contributed by atoms with van der Waals surface area (Å²) in [7, 11) is 0. The molecule has 0 radical (unpaired) electrons. The van der Waals surface area contributed by atoms with E-state index in [9.17, 15) is 9.59 Å². The number of likely N-dealkylation sites (tertiary alicyclic amines) is 1. The first-order chi connectivity index (χ1) is 16.1. The average Bonchev–Trinajstić information content (AvgIpc) is 3.46. The highest BCUT2D eigenvalue weighted by atomic mass is 32.2. The summed E-state index contributed by atoms with van der Waals surface area (Å²) in [5.74, 6) is 1.26. The zero-order chi connectivity index (χ0) is 23.0. The van der Waals surface area contributed by atoms with Crippen molar-refractivity contribution in [1.29, 1.82) is 0 Å². The van der Waals surface area contributed by atoms with Crippen molar-refractivity contribution in [1.82, 2.24) is 25.0 Å². The van der Waals surface area contributed by atoms with Crippen molar-refractivity contribution in [2.24, 2.45) is 0 Å². The van der Waals surface area contributed by atoms with Gasteiger partial charge in [-0.3, -0.25) is 19.1 Å². The summed E-state index contributed by atoms with van der Waals surface area (Å²) in [5.41, 5.74) is 1.01. The minimum atomic E-state index is -0.0403. The Morgan fingerprint density at radius 3 is 2.61 bits per heavy atom. The molecule has 1 aliphatic rings. The Morgan fingerprint density at radius 1 is 1.06 bits per heavy atom. The van der Waals surface area contributed by atoms with E-state index in [1.165, 1.54) is 49.3 Å². The number of rotatable bonds is 10. The highest BCUT2D eigenvalue weighted by molar-refractivity contribution is 7.99. The zero-order valence-corrected chi connectivity index (χ0v) is 20.5. The van der Waals surface area contributed by atoms with Crippen molar-refractivity contribution in [2.45, 2.75) is 44.3 Å². The van der Waals surface area contributed by atoms with Crippen LogP contribution in [0.4, 0.5) is 0 Å². The fourth-order valence-corrected chi connectivity index (χ4v) is 5.77. The fraction of sp³-hybridized carbons (Fsp3) is 0.417. The normalized spacial score (nSPS) is 14.3. The highest BCUT2D eigenvalue weighted by Gasteiger charge is 2.20. The van der Waals surface area contributed by atoms with Gasteiger partial charge in [0.15, 0.2) is 16.8 Å². The van der Waals surface area contributed by atoms with Gasteiger partial charge < -0.3 is 5.32 Å². The number of piperidine rings is 1. The van der Waals surface area contributed by atoms with Crippen LogP contribution in [0, 0.1) is 0 Å². The Hall–Kier alpha value is -2.49. The first-order valence-electron chi connectivity index (χ1n) is 11.3. The molecule has 0 unspecified atom stereocenters. The maximum Gasteiger partial charge on any atom is 0.216 e. The van der Waals surface area contributed by atoms with Crippen LogP contribution in [-0.4, -0.2) is 56.7 Å². The lowest BCUT2D eigenvalue weighted by Crippen LogP contribution is -2.30. The second-order valence-electron chi connectivity index (χ2n) is 8.12. The van der Waals surface area contributed by atoms with Crippen LogP contribution in [0.3, 0.4) is 0 Å². The highest BCUT2D eigenvalue weighted by Crippen LogP contribution is 2.26. The molecule has 1 saturated heterocycles. The van der Waals surface area contributed by atoms with Gasteiger partial charge in [0.1, 0.15) is 0 Å². The van der Waals surface area contributed by atoms with Gasteiger partial charge in [0.2, 0.25) is 5.91 Å². The third-order valence-corrected chi connectivity index (χ3v) is 7.66. The van der Waals surface area contributed by atoms with E-state index < -0.39 is 0 Å². The molecule has 7 nitrogen and oxygen atoms in total. The van der Waals surface area contributed by atoms with Crippen molar-refractivity contribution < 1.29 is 9.59 Å². The number of carbonyl (C=O) groups is 2. The first kappa shape index (κ1) is 23.7. The molecule has 2 aromatic heterocycles. The smallest absolute Gasteiger partial charge is 0.216 e. The summed E-state index contributed by atoms with van der Waals surface area (Å²) < 4.78 is 2.08. The fourth-order valence-electron chi connectivity index (χ4n) is 3.88. The number of carbonyl (C=O) groups excluding carboxylic acids is 2. The van der Waals surface area contributed by atoms with Crippen molar-refractivity contribution in [3.63, 3.8) is 0 Å². The molecular formula is C24H29N5O2S2. The topological polar surface area (TPSA) is 80.1 Å². The minimum absolute atomic E-state index is 0.0403. The maximum absolute atomic E-state index is 12.8. The molecule has 0 saturated carbocycles. The second-order valence-corrected chi connectivity index (χ2v) is 10.2. The summed E-state index contributed by atoms with van der Waals surface area (Å²) in [6.07, 6.45) is 4.47. The Balaban J connectivity index is 1.43. The molecule has 0 bridgehead atoms. The number of hydrogen-bond donors (Lipinski definition) is 1. The van der Waals surface area contributed by atoms with E-state index in [1.54, 1.807) is 0 Å². The van der Waals surface area contributed by atoms with Crippen LogP contribution in [-0.2, 0) is 17.8 Å². The summed E-state index contributed by atoms with van der Waals surface area (Å²) in [4.78, 5) is 28.1. The van der Waals surface area contributed by atoms with Crippen molar-refractivity contribution in [2.75, 3.05) is 25.4 Å². The van der Waals surface area contributed by atoms with E-state index in [1.807, 2.05) is 30.3 Å². The molecule has 1 aliphatic heterocycles. The number of amides is 1. The van der Waals surface area contributed by atoms with E-state index >= 15 is 0 Å². The molecule has 0 aliphatic carbocycles. The molecular weight excluding hydrogens is 454 g/mol. The van der Waals surface area contributed by atoms with Gasteiger partial charge in [0, 0.05) is 24.0 Å². The summed E-state index contributed by atoms with van der Waals surface area (Å²) in [6.45, 7) is 5.03. The Labute approximate surface area is 202 Å². The van der Waals surface area contributed by atoms with Crippen LogP contribution in [0.25, 0.3) is 5.69 Å². The molecule has 4 rings (SSSR count). The predicted molar refractivity (Wildman–Crippen MR) is 132 cm³/mol. The number of Topliss-reactive ketones (excluding diaryl/α,β-unsaturated/α-hetero) is 1. The lowest BCUT2D eigenvalue weighted by atomic mass is 10.1. The van der Waals surface area contributed by atoms with Crippen LogP contribution in [0.15, 0.2) is 47.6 Å². The zero-order valence-electron chi connectivity index (χ0n) is 18.8. The molecule has 9 heteroatoms. The maximum atomic E-state index is 12.8. The molecule has 1 N–H and O–H groups in total. The van der Waals surface area contributed by atoms with E-state index in [-0.39, 0.29) is 11.7 Å². The van der Waals surface area contributed by atoms with Crippen LogP contribution < -0.4 is 5.32 Å². The number of hydrogen-bond acceptors (Lipinski definition) is 7. The Bertz CT molecular complexity index is 1070. The second kappa shape index (κ2) is 11.6. The lowest BCUT2D eigenvalue weighted by molar-refractivity contribution is -0.118. The number of para-hydroxylation sites is 1. The van der Waals surface area contributed by atoms with Gasteiger partial charge in [-0.25, -0.2) is 0 Å². The first-order valence-corrected chi connectivity index (χ1v) is 13.1. The van der Waals surface area contributed by atoms with Gasteiger partial charge >= 0.3 is 0 Å². The van der Waals surface area contributed by atoms with Gasteiger partial charge in [0.25, 0.3) is 0 Å². The average molecular weight is 484 g/mol. The number of nitrogens with one attached hydrogen (secondary N) is 1. The number of nitrogens with zero attached hydrogens (tertiary/aromatic N) is 4. The van der Waals surface area contributed by atoms with E-state index in [4.69, 9.17) is 0 Å². The van der Waals surface area contributed by atoms with Gasteiger partial charge in [-0.05, 0) is 56.6 Å². The quantitative estimate of drug-likeness (QED) is 0.347. The molecule has 3 aromatic rings. The van der Waals surface area contributed by atoms with Crippen molar-refractivity contribution >= 4 is 34.8 Å². The summed E-state index contributed by atoms with van der Waals surface area (Å²) >= 11 is 2.92. The van der Waals surface area contributed by atoms with E-state index in [2.05, 4.69) is 37.1 Å². The molecule has 33 heavy (non-hydrogen) atoms. The standard InChI is InChI=1S/C24H29N5O2S2/c1-18(30)25-13-12-20-10-11-22(33-20)21(31)17-32-24-27-26-23(16-28-14-6-3-7-15-28)29(24)19-8-4-2-5-9-19/h2,4-5,8-11H,3,6-7,12-17H2,1H3,(H,25,30). The van der Waals surface area contributed by atoms with Crippen LogP contribution in [0.2, 0.25) is 0 Å². The lowest BCUT2D eigenvalue weighted by Gasteiger charge is -2.26. The Morgan fingerprint density at radius 2 is 1.85 bits per heavy atom. The van der Waals surface area contributed by atoms with Gasteiger partial charge in [-0.2, -0.15) is 0 Å². The van der Waals surface area contributed by atoms with Crippen molar-refractivity contribution in [3.05, 3.63) is 58.0 Å². The summed E-state index contributed by atoms with van der Waals surface area (Å²) in [6, 6.07) is 14.0. The SMILES string of the molecule is CC(=O)NCCc1ccc(C(=O)CSc2nnc(CN3CCCCC3)n2-c2ccccc2)s1. The van der Waals surface area contributed by atoms with Gasteiger partial charge in [-0.1, -0.05) is 36.4 Å². The van der Waals surface area contributed by atoms with Gasteiger partial charge in [0.05, 0.1) is 17.2 Å². The molecule has 1 aromatic carbocycles. The van der Waals surface area contributed by atoms with E-state index in [0.29, 0.717) is 12.3 Å². The number of ketones is 1. The molecule has 3 heterocycles. The molecule has 0 atom stereocenters. The number of aromatic nitrogens is 3. The molecule has 174 valence electrons. The van der Waals surface area contributed by atoms with Crippen LogP contribution in [0.1, 0.15) is 46.6 Å². The predicted octanol–water partition coefficient (Wildman–Crippen LogP) is 3.97. The molecule has 1 amide bonds. The number of thiophene rings is 1. The minimum Gasteiger partial charge on any atom is -0.356 e. The van der Waals surface area contributed by atoms with E-state index in [0.717, 1.165) is 52.5 Å². The largest absolute Gasteiger partial charge is 0.356 e. The van der Waals surface area contributed by atoms with Crippen molar-refractivity contribution in [3.8, 4) is 5.69 Å². The molecule has 0 spiro atoms. The third kappa shape index (κ3) is 6.52. The summed E-state index contributed by atoms with van der Waals surface area (Å²) in [5, 5.41) is 12.5.